The molecule has 0 fully saturated rings. The average molecular weight is 178 g/mol. The van der Waals surface area contributed by atoms with Crippen molar-refractivity contribution in [2.24, 2.45) is 0 Å². The second kappa shape index (κ2) is 4.35. The number of nitrogens with zero attached hydrogens (tertiary/aromatic N) is 1. The standard InChI is InChI=1S/C9H10N2O2/c1-2-13-9(12)7-3-4-8(5-10)11-6-7/h3-6,10H,2H2,1H3. The molecule has 1 N–H and O–H groups in total. The molecule has 0 atom stereocenters. The summed E-state index contributed by atoms with van der Waals surface area (Å²) in [5.74, 6) is -0.383. The number of rotatable bonds is 3. The van der Waals surface area contributed by atoms with Gasteiger partial charge >= 0.3 is 5.97 Å². The maximum absolute atomic E-state index is 11.1. The van der Waals surface area contributed by atoms with Crippen molar-refractivity contribution in [2.45, 2.75) is 6.92 Å². The molecule has 0 unspecified atom stereocenters. The third-order valence-corrected chi connectivity index (χ3v) is 1.45. The first-order valence-corrected chi connectivity index (χ1v) is 3.91. The molecule has 4 nitrogen and oxygen atoms in total. The highest BCUT2D eigenvalue weighted by Gasteiger charge is 2.05. The van der Waals surface area contributed by atoms with Gasteiger partial charge in [0, 0.05) is 12.4 Å². The maximum atomic E-state index is 11.1. The second-order valence-electron chi connectivity index (χ2n) is 2.34. The Hall–Kier alpha value is -1.71. The summed E-state index contributed by atoms with van der Waals surface area (Å²) >= 11 is 0. The van der Waals surface area contributed by atoms with Crippen LogP contribution in [-0.2, 0) is 4.74 Å². The van der Waals surface area contributed by atoms with Crippen molar-refractivity contribution in [1.82, 2.24) is 4.98 Å². The van der Waals surface area contributed by atoms with Gasteiger partial charge in [-0.2, -0.15) is 0 Å². The van der Waals surface area contributed by atoms with E-state index in [1.165, 1.54) is 6.20 Å². The van der Waals surface area contributed by atoms with Crippen LogP contribution >= 0.6 is 0 Å². The topological polar surface area (TPSA) is 63.0 Å². The van der Waals surface area contributed by atoms with E-state index >= 15 is 0 Å². The summed E-state index contributed by atoms with van der Waals surface area (Å²) < 4.78 is 4.77. The van der Waals surface area contributed by atoms with E-state index in [2.05, 4.69) is 4.98 Å². The van der Waals surface area contributed by atoms with Crippen LogP contribution in [0.2, 0.25) is 0 Å². The van der Waals surface area contributed by atoms with Crippen molar-refractivity contribution in [3.05, 3.63) is 29.6 Å². The van der Waals surface area contributed by atoms with Crippen LogP contribution in [-0.4, -0.2) is 23.8 Å². The van der Waals surface area contributed by atoms with E-state index in [1.54, 1.807) is 19.1 Å². The summed E-state index contributed by atoms with van der Waals surface area (Å²) in [5, 5.41) is 6.90. The van der Waals surface area contributed by atoms with Gasteiger partial charge in [0.1, 0.15) is 0 Å². The average Bonchev–Trinajstić information content (AvgIpc) is 2.18. The molecule has 0 amide bonds. The first-order chi connectivity index (χ1) is 6.27. The molecule has 0 saturated carbocycles. The Morgan fingerprint density at radius 3 is 2.92 bits per heavy atom. The lowest BCUT2D eigenvalue weighted by Crippen LogP contribution is -2.05. The van der Waals surface area contributed by atoms with Crippen LogP contribution in [0.1, 0.15) is 23.0 Å². The molecule has 1 aromatic heterocycles. The van der Waals surface area contributed by atoms with Crippen molar-refractivity contribution in [1.29, 1.82) is 5.41 Å². The van der Waals surface area contributed by atoms with Gasteiger partial charge in [0.05, 0.1) is 17.9 Å². The summed E-state index contributed by atoms with van der Waals surface area (Å²) in [6, 6.07) is 3.19. The van der Waals surface area contributed by atoms with Gasteiger partial charge in [0.15, 0.2) is 0 Å². The van der Waals surface area contributed by atoms with Crippen LogP contribution < -0.4 is 0 Å². The van der Waals surface area contributed by atoms with Gasteiger partial charge in [-0.1, -0.05) is 0 Å². The number of hydrogen-bond acceptors (Lipinski definition) is 4. The van der Waals surface area contributed by atoms with Gasteiger partial charge in [0.2, 0.25) is 0 Å². The molecule has 1 rings (SSSR count). The van der Waals surface area contributed by atoms with Crippen LogP contribution in [0, 0.1) is 5.41 Å². The minimum Gasteiger partial charge on any atom is -0.462 e. The smallest absolute Gasteiger partial charge is 0.339 e. The fourth-order valence-electron chi connectivity index (χ4n) is 0.826. The van der Waals surface area contributed by atoms with E-state index in [0.717, 1.165) is 6.21 Å². The number of aromatic nitrogens is 1. The number of ether oxygens (including phenoxy) is 1. The highest BCUT2D eigenvalue weighted by molar-refractivity contribution is 5.89. The summed E-state index contributed by atoms with van der Waals surface area (Å²) in [6.07, 6.45) is 2.52. The van der Waals surface area contributed by atoms with Crippen molar-refractivity contribution in [3.8, 4) is 0 Å². The summed E-state index contributed by atoms with van der Waals surface area (Å²) in [5.41, 5.74) is 0.931. The Kier molecular flexibility index (Phi) is 3.14. The Bertz CT molecular complexity index is 306. The van der Waals surface area contributed by atoms with Crippen molar-refractivity contribution in [3.63, 3.8) is 0 Å². The molecule has 4 heteroatoms. The molecule has 1 heterocycles. The van der Waals surface area contributed by atoms with Crippen LogP contribution in [0.15, 0.2) is 18.3 Å². The van der Waals surface area contributed by atoms with E-state index < -0.39 is 0 Å². The minimum atomic E-state index is -0.383. The van der Waals surface area contributed by atoms with Crippen molar-refractivity contribution >= 4 is 12.2 Å². The molecule has 0 aliphatic heterocycles. The van der Waals surface area contributed by atoms with Gasteiger partial charge in [-0.15, -0.1) is 0 Å². The molecule has 1 aromatic rings. The summed E-state index contributed by atoms with van der Waals surface area (Å²) in [4.78, 5) is 15.0. The predicted octanol–water partition coefficient (Wildman–Crippen LogP) is 1.26. The van der Waals surface area contributed by atoms with E-state index in [-0.39, 0.29) is 5.97 Å². The fraction of sp³-hybridized carbons (Fsp3) is 0.222. The van der Waals surface area contributed by atoms with Gasteiger partial charge in [-0.25, -0.2) is 4.79 Å². The molecule has 0 aliphatic rings. The number of carbonyl (C=O) groups excluding carboxylic acids is 1. The zero-order valence-electron chi connectivity index (χ0n) is 7.28. The van der Waals surface area contributed by atoms with E-state index in [4.69, 9.17) is 10.1 Å². The summed E-state index contributed by atoms with van der Waals surface area (Å²) in [7, 11) is 0. The normalized spacial score (nSPS) is 9.31. The molecule has 13 heavy (non-hydrogen) atoms. The highest BCUT2D eigenvalue weighted by atomic mass is 16.5. The van der Waals surface area contributed by atoms with E-state index in [9.17, 15) is 4.79 Å². The Labute approximate surface area is 76.1 Å². The third-order valence-electron chi connectivity index (χ3n) is 1.45. The molecule has 0 aromatic carbocycles. The number of nitrogens with one attached hydrogen (secondary N) is 1. The Morgan fingerprint density at radius 1 is 1.69 bits per heavy atom. The van der Waals surface area contributed by atoms with Gasteiger partial charge in [-0.05, 0) is 19.1 Å². The largest absolute Gasteiger partial charge is 0.462 e. The lowest BCUT2D eigenvalue weighted by atomic mass is 10.2. The molecule has 68 valence electrons. The molecular weight excluding hydrogens is 168 g/mol. The predicted molar refractivity (Wildman–Crippen MR) is 48.1 cm³/mol. The maximum Gasteiger partial charge on any atom is 0.339 e. The molecule has 0 radical (unpaired) electrons. The van der Waals surface area contributed by atoms with E-state index in [0.29, 0.717) is 17.9 Å². The Morgan fingerprint density at radius 2 is 2.46 bits per heavy atom. The SMILES string of the molecule is CCOC(=O)c1ccc(C=N)nc1. The zero-order chi connectivity index (χ0) is 9.68. The molecular formula is C9H10N2O2. The zero-order valence-corrected chi connectivity index (χ0v) is 7.28. The molecule has 0 saturated heterocycles. The molecule has 0 bridgehead atoms. The van der Waals surface area contributed by atoms with Crippen molar-refractivity contribution in [2.75, 3.05) is 6.61 Å². The number of carbonyl (C=O) groups is 1. The number of hydrogen-bond donors (Lipinski definition) is 1. The third kappa shape index (κ3) is 2.37. The Balaban J connectivity index is 2.79. The van der Waals surface area contributed by atoms with Crippen molar-refractivity contribution < 1.29 is 9.53 Å². The summed E-state index contributed by atoms with van der Waals surface area (Å²) in [6.45, 7) is 2.10. The van der Waals surface area contributed by atoms with Crippen LogP contribution in [0.5, 0.6) is 0 Å². The van der Waals surface area contributed by atoms with Crippen LogP contribution in [0.4, 0.5) is 0 Å². The second-order valence-corrected chi connectivity index (χ2v) is 2.34. The monoisotopic (exact) mass is 178 g/mol. The van der Waals surface area contributed by atoms with Crippen LogP contribution in [0.3, 0.4) is 0 Å². The minimum absolute atomic E-state index is 0.352. The first-order valence-electron chi connectivity index (χ1n) is 3.91. The lowest BCUT2D eigenvalue weighted by Gasteiger charge is -2.00. The van der Waals surface area contributed by atoms with Crippen LogP contribution in [0.25, 0.3) is 0 Å². The molecule has 0 spiro atoms. The van der Waals surface area contributed by atoms with Gasteiger partial charge < -0.3 is 10.1 Å². The lowest BCUT2D eigenvalue weighted by molar-refractivity contribution is 0.0526. The molecule has 0 aliphatic carbocycles. The number of esters is 1. The fourth-order valence-corrected chi connectivity index (χ4v) is 0.826. The van der Waals surface area contributed by atoms with Gasteiger partial charge in [-0.3, -0.25) is 4.98 Å². The highest BCUT2D eigenvalue weighted by Crippen LogP contribution is 2.00. The number of pyridine rings is 1. The first kappa shape index (κ1) is 9.38. The quantitative estimate of drug-likeness (QED) is 0.559. The van der Waals surface area contributed by atoms with E-state index in [1.807, 2.05) is 0 Å². The van der Waals surface area contributed by atoms with Gasteiger partial charge in [0.25, 0.3) is 0 Å².